The number of fused-ring (bicyclic) bond motifs is 2. The molecule has 4 aliphatic rings. The van der Waals surface area contributed by atoms with Gasteiger partial charge in [0.2, 0.25) is 6.29 Å². The highest BCUT2D eigenvalue weighted by molar-refractivity contribution is 5.91. The summed E-state index contributed by atoms with van der Waals surface area (Å²) in [6, 6.07) is 11.4. The van der Waals surface area contributed by atoms with Crippen LogP contribution in [0.5, 0.6) is 0 Å². The Balaban J connectivity index is 0.000000284. The van der Waals surface area contributed by atoms with E-state index in [0.717, 1.165) is 73.5 Å². The summed E-state index contributed by atoms with van der Waals surface area (Å²) in [5.41, 5.74) is 4.55. The first-order valence-electron chi connectivity index (χ1n) is 22.0. The summed E-state index contributed by atoms with van der Waals surface area (Å²) < 4.78 is 25.6. The van der Waals surface area contributed by atoms with E-state index in [-0.39, 0.29) is 43.5 Å². The minimum atomic E-state index is -1.00. The number of hydrogen-bond acceptors (Lipinski definition) is 12. The standard InChI is InChI=1S/C32H39N5O6.C13H23NO5/c1-20-7-12-35(13-8-20)29(38)27(19-22-17-21(2)28-26(18-22)42-31(40)34-28)43-32(41)36-14-10-24(11-15-36)37-16-9-23-5-3-4-6-25(23)33-30(37)39;1-4-17-13(16)19-11(3)18-12(15)9-14-7-5-10(2)6-8-14/h3-6,17-18,20,24,27H,7-16,19H2,1-2H3,(H,33,39)(H,34,40);10-11H,4-9H2,1-3H3/t27-;/m1./s1. The molecule has 2 aromatic carbocycles. The number of carbonyl (C=O) groups is 5. The zero-order valence-corrected chi connectivity index (χ0v) is 36.7. The summed E-state index contributed by atoms with van der Waals surface area (Å²) in [4.78, 5) is 84.6. The molecule has 0 saturated carbocycles. The number of urea groups is 1. The Kier molecular flexibility index (Phi) is 15.9. The second kappa shape index (κ2) is 21.5. The number of amides is 4. The molecule has 0 bridgehead atoms. The molecule has 3 fully saturated rings. The van der Waals surface area contributed by atoms with Gasteiger partial charge in [-0.2, -0.15) is 0 Å². The van der Waals surface area contributed by atoms with Crippen molar-refractivity contribution in [3.63, 3.8) is 0 Å². The van der Waals surface area contributed by atoms with Gasteiger partial charge in [-0.3, -0.25) is 19.5 Å². The van der Waals surface area contributed by atoms with Gasteiger partial charge in [0.1, 0.15) is 0 Å². The van der Waals surface area contributed by atoms with Crippen LogP contribution >= 0.6 is 0 Å². The number of anilines is 1. The maximum Gasteiger partial charge on any atom is 0.511 e. The van der Waals surface area contributed by atoms with Crippen LogP contribution in [-0.2, 0) is 41.4 Å². The lowest BCUT2D eigenvalue weighted by Gasteiger charge is -2.38. The fourth-order valence-corrected chi connectivity index (χ4v) is 8.47. The first kappa shape index (κ1) is 45.9. The zero-order valence-electron chi connectivity index (χ0n) is 36.7. The quantitative estimate of drug-likeness (QED) is 0.136. The van der Waals surface area contributed by atoms with Crippen molar-refractivity contribution in [2.75, 3.05) is 64.3 Å². The number of nitrogens with zero attached hydrogens (tertiary/aromatic N) is 4. The number of likely N-dealkylation sites (tertiary alicyclic amines) is 3. The number of oxazole rings is 1. The van der Waals surface area contributed by atoms with Crippen molar-refractivity contribution in [2.45, 2.75) is 104 Å². The Hall–Kier alpha value is -5.58. The minimum absolute atomic E-state index is 0.0110. The lowest BCUT2D eigenvalue weighted by molar-refractivity contribution is -0.169. The van der Waals surface area contributed by atoms with Crippen LogP contribution in [0, 0.1) is 18.8 Å². The number of nitrogens with one attached hydrogen (secondary N) is 2. The molecule has 1 unspecified atom stereocenters. The van der Waals surface area contributed by atoms with Crippen LogP contribution in [-0.4, -0.2) is 132 Å². The average molecular weight is 863 g/mol. The number of hydrogen-bond donors (Lipinski definition) is 2. The molecule has 17 nitrogen and oxygen atoms in total. The second-order valence-electron chi connectivity index (χ2n) is 17.0. The fraction of sp³-hybridized carbons (Fsp3) is 0.600. The van der Waals surface area contributed by atoms with Crippen molar-refractivity contribution in [3.8, 4) is 0 Å². The molecule has 0 spiro atoms. The molecule has 2 atom stereocenters. The molecule has 3 saturated heterocycles. The normalized spacial score (nSPS) is 19.0. The first-order chi connectivity index (χ1) is 29.8. The molecule has 338 valence electrons. The topological polar surface area (TPSA) is 193 Å². The Labute approximate surface area is 362 Å². The van der Waals surface area contributed by atoms with Crippen LogP contribution in [0.1, 0.15) is 82.9 Å². The monoisotopic (exact) mass is 862 g/mol. The van der Waals surface area contributed by atoms with Gasteiger partial charge in [-0.05, 0) is 113 Å². The van der Waals surface area contributed by atoms with Crippen LogP contribution in [0.15, 0.2) is 45.6 Å². The number of esters is 1. The number of carbonyl (C=O) groups excluding carboxylic acids is 5. The van der Waals surface area contributed by atoms with Gasteiger partial charge in [0.15, 0.2) is 11.7 Å². The van der Waals surface area contributed by atoms with Gasteiger partial charge >= 0.3 is 30.0 Å². The lowest BCUT2D eigenvalue weighted by atomic mass is 9.98. The minimum Gasteiger partial charge on any atom is -0.436 e. The number of benzene rings is 2. The van der Waals surface area contributed by atoms with Crippen molar-refractivity contribution in [2.24, 2.45) is 11.8 Å². The van der Waals surface area contributed by atoms with Crippen LogP contribution < -0.4 is 11.1 Å². The number of rotatable bonds is 10. The van der Waals surface area contributed by atoms with Crippen molar-refractivity contribution >= 4 is 46.9 Å². The molecule has 0 aliphatic carbocycles. The van der Waals surface area contributed by atoms with E-state index in [0.29, 0.717) is 62.6 Å². The van der Waals surface area contributed by atoms with E-state index in [1.165, 1.54) is 6.92 Å². The van der Waals surface area contributed by atoms with Gasteiger partial charge in [-0.1, -0.05) is 38.1 Å². The van der Waals surface area contributed by atoms with E-state index >= 15 is 0 Å². The predicted molar refractivity (Wildman–Crippen MR) is 229 cm³/mol. The van der Waals surface area contributed by atoms with Crippen LogP contribution in [0.2, 0.25) is 0 Å². The number of para-hydroxylation sites is 1. The van der Waals surface area contributed by atoms with E-state index in [1.54, 1.807) is 22.8 Å². The summed E-state index contributed by atoms with van der Waals surface area (Å²) >= 11 is 0. The Morgan fingerprint density at radius 2 is 1.50 bits per heavy atom. The van der Waals surface area contributed by atoms with Gasteiger partial charge in [0, 0.05) is 57.8 Å². The molecule has 1 aromatic heterocycles. The molecule has 5 heterocycles. The van der Waals surface area contributed by atoms with Gasteiger partial charge < -0.3 is 43.4 Å². The molecule has 17 heteroatoms. The Bertz CT molecular complexity index is 2080. The van der Waals surface area contributed by atoms with Gasteiger partial charge in [0.05, 0.1) is 18.7 Å². The highest BCUT2D eigenvalue weighted by Gasteiger charge is 2.35. The average Bonchev–Trinajstić information content (AvgIpc) is 3.54. The summed E-state index contributed by atoms with van der Waals surface area (Å²) in [6.07, 6.45) is 2.95. The van der Waals surface area contributed by atoms with Crippen molar-refractivity contribution in [1.29, 1.82) is 0 Å². The summed E-state index contributed by atoms with van der Waals surface area (Å²) in [5.74, 6) is 0.143. The molecule has 62 heavy (non-hydrogen) atoms. The highest BCUT2D eigenvalue weighted by atomic mass is 16.8. The van der Waals surface area contributed by atoms with E-state index < -0.39 is 30.4 Å². The zero-order chi connectivity index (χ0) is 44.3. The summed E-state index contributed by atoms with van der Waals surface area (Å²) in [5, 5.41) is 3.03. The maximum absolute atomic E-state index is 13.7. The SMILES string of the molecule is CCOC(=O)OC(C)OC(=O)CN1CCC(C)CC1.Cc1cc(C[C@@H](OC(=O)N2CCC(N3CCc4ccccc4NC3=O)CC2)C(=O)N2CCC(C)CC2)cc2oc(=O)[nH]c12. The number of ether oxygens (including phenoxy) is 4. The number of aromatic nitrogens is 1. The van der Waals surface area contributed by atoms with Crippen molar-refractivity contribution in [1.82, 2.24) is 24.6 Å². The third-order valence-corrected chi connectivity index (χ3v) is 12.2. The number of H-pyrrole nitrogens is 1. The van der Waals surface area contributed by atoms with E-state index in [2.05, 4.69) is 33.8 Å². The fourth-order valence-electron chi connectivity index (χ4n) is 8.47. The van der Waals surface area contributed by atoms with Crippen LogP contribution in [0.25, 0.3) is 11.1 Å². The van der Waals surface area contributed by atoms with Gasteiger partial charge in [-0.15, -0.1) is 0 Å². The van der Waals surface area contributed by atoms with Crippen molar-refractivity contribution < 1.29 is 47.3 Å². The second-order valence-corrected chi connectivity index (χ2v) is 17.0. The molecule has 3 aromatic rings. The number of aromatic amines is 1. The van der Waals surface area contributed by atoms with Crippen LogP contribution in [0.4, 0.5) is 20.1 Å². The molecular weight excluding hydrogens is 801 g/mol. The smallest absolute Gasteiger partial charge is 0.436 e. The van der Waals surface area contributed by atoms with Crippen molar-refractivity contribution in [3.05, 3.63) is 63.6 Å². The maximum atomic E-state index is 13.7. The Morgan fingerprint density at radius 3 is 2.19 bits per heavy atom. The molecule has 4 amide bonds. The first-order valence-corrected chi connectivity index (χ1v) is 22.0. The van der Waals surface area contributed by atoms with E-state index in [9.17, 15) is 28.8 Å². The predicted octanol–water partition coefficient (Wildman–Crippen LogP) is 6.07. The highest BCUT2D eigenvalue weighted by Crippen LogP contribution is 2.26. The lowest BCUT2D eigenvalue weighted by Crippen LogP contribution is -2.51. The van der Waals surface area contributed by atoms with E-state index in [4.69, 9.17) is 18.6 Å². The number of aryl methyl sites for hydroxylation is 1. The van der Waals surface area contributed by atoms with Gasteiger partial charge in [-0.25, -0.2) is 19.2 Å². The molecule has 2 N–H and O–H groups in total. The molecule has 0 radical (unpaired) electrons. The van der Waals surface area contributed by atoms with Crippen LogP contribution in [0.3, 0.4) is 0 Å². The summed E-state index contributed by atoms with van der Waals surface area (Å²) in [6.45, 7) is 14.4. The Morgan fingerprint density at radius 1 is 0.839 bits per heavy atom. The third kappa shape index (κ3) is 12.5. The third-order valence-electron chi connectivity index (χ3n) is 12.2. The number of piperidine rings is 3. The van der Waals surface area contributed by atoms with E-state index in [1.807, 2.05) is 42.2 Å². The molecule has 7 rings (SSSR count). The largest absolute Gasteiger partial charge is 0.511 e. The molecular formula is C45H62N6O11. The molecule has 4 aliphatic heterocycles. The van der Waals surface area contributed by atoms with Gasteiger partial charge in [0.25, 0.3) is 5.91 Å². The summed E-state index contributed by atoms with van der Waals surface area (Å²) in [7, 11) is 0.